The summed E-state index contributed by atoms with van der Waals surface area (Å²) in [5.41, 5.74) is 3.88. The molecule has 3 heterocycles. The molecular weight excluding hydrogens is 393 g/mol. The highest BCUT2D eigenvalue weighted by Crippen LogP contribution is 2.35. The lowest BCUT2D eigenvalue weighted by Crippen LogP contribution is -2.22. The number of hydrogen-bond donors (Lipinski definition) is 1. The minimum Gasteiger partial charge on any atom is -0.484 e. The molecule has 0 aliphatic carbocycles. The Kier molecular flexibility index (Phi) is 5.05. The predicted octanol–water partition coefficient (Wildman–Crippen LogP) is 3.14. The van der Waals surface area contributed by atoms with Crippen LogP contribution in [0.25, 0.3) is 0 Å². The van der Waals surface area contributed by atoms with Gasteiger partial charge in [-0.05, 0) is 35.7 Å². The molecule has 0 saturated heterocycles. The Morgan fingerprint density at radius 2 is 2.04 bits per heavy atom. The third kappa shape index (κ3) is 4.00. The van der Waals surface area contributed by atoms with Crippen molar-refractivity contribution in [3.8, 4) is 11.5 Å². The molecule has 0 fully saturated rings. The maximum Gasteiger partial charge on any atom is 0.422 e. The van der Waals surface area contributed by atoms with E-state index in [9.17, 15) is 17.4 Å². The monoisotopic (exact) mass is 412 g/mol. The fraction of sp³-hybridized carbons (Fsp3) is 0.421. The maximum atomic E-state index is 12.8. The lowest BCUT2D eigenvalue weighted by molar-refractivity contribution is -0.153. The Labute approximate surface area is 162 Å². The lowest BCUT2D eigenvalue weighted by atomic mass is 10.0. The number of nitrogens with one attached hydrogen (secondary N) is 1. The molecular formula is C19H19F3N2O3S. The van der Waals surface area contributed by atoms with Gasteiger partial charge in [0.15, 0.2) is 12.0 Å². The Hall–Kier alpha value is -2.13. The minimum absolute atomic E-state index is 0.0922. The van der Waals surface area contributed by atoms with Crippen molar-refractivity contribution in [3.05, 3.63) is 52.3 Å². The summed E-state index contributed by atoms with van der Waals surface area (Å²) in [6, 6.07) is 5.47. The van der Waals surface area contributed by atoms with Crippen molar-refractivity contribution in [3.63, 3.8) is 0 Å². The van der Waals surface area contributed by atoms with E-state index in [1.165, 1.54) is 23.4 Å². The Morgan fingerprint density at radius 3 is 2.79 bits per heavy atom. The van der Waals surface area contributed by atoms with Gasteiger partial charge in [-0.25, -0.2) is 0 Å². The number of benzene rings is 1. The highest BCUT2D eigenvalue weighted by Gasteiger charge is 2.31. The zero-order valence-corrected chi connectivity index (χ0v) is 16.0. The van der Waals surface area contributed by atoms with Gasteiger partial charge in [-0.1, -0.05) is 6.07 Å². The molecule has 0 amide bonds. The van der Waals surface area contributed by atoms with E-state index in [1.54, 1.807) is 6.92 Å². The van der Waals surface area contributed by atoms with E-state index in [2.05, 4.69) is 16.4 Å². The number of halogens is 3. The standard InChI is InChI=1S/C19H19F3N2O3S/c1-11-15(24-3-2-16(11)26-10-19(20,21)22)9-28(25)18-6-12-4-13-7-23-8-14(13)5-17(12)27-18/h2-5,18,23H,6-10H2,1H3. The first-order chi connectivity index (χ1) is 13.3. The van der Waals surface area contributed by atoms with Crippen LogP contribution in [0, 0.1) is 6.92 Å². The number of ether oxygens (including phenoxy) is 2. The third-order valence-electron chi connectivity index (χ3n) is 4.88. The van der Waals surface area contributed by atoms with Gasteiger partial charge in [0.2, 0.25) is 0 Å². The van der Waals surface area contributed by atoms with Crippen LogP contribution >= 0.6 is 0 Å². The Morgan fingerprint density at radius 1 is 1.29 bits per heavy atom. The van der Waals surface area contributed by atoms with Crippen molar-refractivity contribution >= 4 is 10.8 Å². The van der Waals surface area contributed by atoms with Crippen LogP contribution in [0.3, 0.4) is 0 Å². The summed E-state index contributed by atoms with van der Waals surface area (Å²) in [7, 11) is -1.39. The van der Waals surface area contributed by atoms with Crippen LogP contribution in [0.4, 0.5) is 13.2 Å². The second-order valence-electron chi connectivity index (χ2n) is 6.89. The van der Waals surface area contributed by atoms with Gasteiger partial charge >= 0.3 is 6.18 Å². The number of hydrogen-bond acceptors (Lipinski definition) is 5. The van der Waals surface area contributed by atoms with Crippen molar-refractivity contribution in [2.24, 2.45) is 0 Å². The minimum atomic E-state index is -4.42. The van der Waals surface area contributed by atoms with Crippen LogP contribution in [0.15, 0.2) is 24.4 Å². The van der Waals surface area contributed by atoms with E-state index in [4.69, 9.17) is 9.47 Å². The molecule has 2 atom stereocenters. The number of rotatable bonds is 5. The van der Waals surface area contributed by atoms with Gasteiger partial charge in [-0.3, -0.25) is 9.19 Å². The van der Waals surface area contributed by atoms with E-state index < -0.39 is 29.0 Å². The molecule has 1 aromatic carbocycles. The van der Waals surface area contributed by atoms with Crippen LogP contribution in [0.2, 0.25) is 0 Å². The van der Waals surface area contributed by atoms with E-state index >= 15 is 0 Å². The number of alkyl halides is 3. The summed E-state index contributed by atoms with van der Waals surface area (Å²) < 4.78 is 60.8. The van der Waals surface area contributed by atoms with Crippen LogP contribution in [0.5, 0.6) is 11.5 Å². The van der Waals surface area contributed by atoms with Gasteiger partial charge in [0, 0.05) is 31.3 Å². The molecule has 150 valence electrons. The summed E-state index contributed by atoms with van der Waals surface area (Å²) in [6.07, 6.45) is -2.51. The second kappa shape index (κ2) is 7.36. The van der Waals surface area contributed by atoms with Crippen molar-refractivity contribution in [2.45, 2.75) is 43.8 Å². The smallest absolute Gasteiger partial charge is 0.422 e. The first-order valence-electron chi connectivity index (χ1n) is 8.83. The normalized spacial score (nSPS) is 19.1. The van der Waals surface area contributed by atoms with Crippen LogP contribution in [0.1, 0.15) is 27.9 Å². The van der Waals surface area contributed by atoms with E-state index in [-0.39, 0.29) is 11.5 Å². The lowest BCUT2D eigenvalue weighted by Gasteiger charge is -2.15. The van der Waals surface area contributed by atoms with Crippen molar-refractivity contribution in [1.29, 1.82) is 0 Å². The fourth-order valence-electron chi connectivity index (χ4n) is 3.41. The molecule has 0 saturated carbocycles. The van der Waals surface area contributed by atoms with Crippen molar-refractivity contribution in [1.82, 2.24) is 10.3 Å². The largest absolute Gasteiger partial charge is 0.484 e. The molecule has 5 nitrogen and oxygen atoms in total. The average Bonchev–Trinajstić information content (AvgIpc) is 3.25. The summed E-state index contributed by atoms with van der Waals surface area (Å²) >= 11 is 0. The summed E-state index contributed by atoms with van der Waals surface area (Å²) in [5.74, 6) is 0.946. The van der Waals surface area contributed by atoms with Gasteiger partial charge < -0.3 is 14.8 Å². The van der Waals surface area contributed by atoms with Crippen LogP contribution < -0.4 is 14.8 Å². The second-order valence-corrected chi connectivity index (χ2v) is 8.47. The van der Waals surface area contributed by atoms with Crippen LogP contribution in [-0.4, -0.2) is 27.4 Å². The van der Waals surface area contributed by atoms with Crippen molar-refractivity contribution < 1.29 is 26.9 Å². The molecule has 2 aliphatic rings. The number of aromatic nitrogens is 1. The Bertz CT molecular complexity index is 900. The Balaban J connectivity index is 1.44. The number of fused-ring (bicyclic) bond motifs is 2. The van der Waals surface area contributed by atoms with Crippen LogP contribution in [-0.2, 0) is 36.1 Å². The summed E-state index contributed by atoms with van der Waals surface area (Å²) in [5, 5.41) is 3.28. The predicted molar refractivity (Wildman–Crippen MR) is 97.5 cm³/mol. The molecule has 2 aromatic rings. The van der Waals surface area contributed by atoms with Gasteiger partial charge in [-0.15, -0.1) is 0 Å². The van der Waals surface area contributed by atoms with Crippen molar-refractivity contribution in [2.75, 3.05) is 6.61 Å². The molecule has 2 unspecified atom stereocenters. The first kappa shape index (κ1) is 19.2. The van der Waals surface area contributed by atoms with Gasteiger partial charge in [-0.2, -0.15) is 13.2 Å². The molecule has 1 N–H and O–H groups in total. The molecule has 0 bridgehead atoms. The van der Waals surface area contributed by atoms with Gasteiger partial charge in [0.25, 0.3) is 0 Å². The van der Waals surface area contributed by atoms with E-state index in [1.807, 2.05) is 6.07 Å². The molecule has 9 heteroatoms. The summed E-state index contributed by atoms with van der Waals surface area (Å²) in [4.78, 5) is 4.18. The molecule has 2 aliphatic heterocycles. The number of pyridine rings is 1. The quantitative estimate of drug-likeness (QED) is 0.818. The van der Waals surface area contributed by atoms with Gasteiger partial charge in [0.1, 0.15) is 11.5 Å². The SMILES string of the molecule is Cc1c(OCC(F)(F)F)ccnc1CS(=O)C1Cc2cc3c(cc2O1)CNC3. The summed E-state index contributed by atoms with van der Waals surface area (Å²) in [6.45, 7) is 1.87. The van der Waals surface area contributed by atoms with E-state index in [0.29, 0.717) is 17.7 Å². The zero-order chi connectivity index (χ0) is 19.9. The zero-order valence-electron chi connectivity index (χ0n) is 15.1. The maximum absolute atomic E-state index is 12.8. The molecule has 0 spiro atoms. The molecule has 4 rings (SSSR count). The van der Waals surface area contributed by atoms with E-state index in [0.717, 1.165) is 24.4 Å². The fourth-order valence-corrected chi connectivity index (χ4v) is 4.73. The number of nitrogens with zero attached hydrogens (tertiary/aromatic N) is 1. The third-order valence-corrected chi connectivity index (χ3v) is 6.29. The average molecular weight is 412 g/mol. The topological polar surface area (TPSA) is 60.5 Å². The van der Waals surface area contributed by atoms with Gasteiger partial charge in [0.05, 0.1) is 22.2 Å². The highest BCUT2D eigenvalue weighted by atomic mass is 32.2. The molecule has 0 radical (unpaired) electrons. The molecule has 28 heavy (non-hydrogen) atoms. The first-order valence-corrected chi connectivity index (χ1v) is 10.2. The highest BCUT2D eigenvalue weighted by molar-refractivity contribution is 7.84. The molecule has 1 aromatic heterocycles.